The molecule has 0 fully saturated rings. The molecule has 0 saturated heterocycles. The SMILES string of the molecule is COC(=O)COc1ccc(-c2ccc(OCCN(C)C)cc2)c(C)c1. The van der Waals surface area contributed by atoms with Crippen LogP contribution >= 0.6 is 0 Å². The minimum absolute atomic E-state index is 0.0890. The Kier molecular flexibility index (Phi) is 6.83. The van der Waals surface area contributed by atoms with Crippen LogP contribution in [0.1, 0.15) is 5.56 Å². The normalized spacial score (nSPS) is 10.6. The van der Waals surface area contributed by atoms with Gasteiger partial charge < -0.3 is 19.1 Å². The largest absolute Gasteiger partial charge is 0.492 e. The fourth-order valence-corrected chi connectivity index (χ4v) is 2.33. The first-order chi connectivity index (χ1) is 12.0. The molecule has 5 nitrogen and oxygen atoms in total. The second kappa shape index (κ2) is 9.08. The number of carbonyl (C=O) groups excluding carboxylic acids is 1. The number of aryl methyl sites for hydroxylation is 1. The molecule has 0 aliphatic carbocycles. The molecule has 2 rings (SSSR count). The summed E-state index contributed by atoms with van der Waals surface area (Å²) in [6.07, 6.45) is 0. The molecule has 0 heterocycles. The summed E-state index contributed by atoms with van der Waals surface area (Å²) < 4.78 is 15.7. The van der Waals surface area contributed by atoms with Crippen LogP contribution in [0.3, 0.4) is 0 Å². The average molecular weight is 343 g/mol. The summed E-state index contributed by atoms with van der Waals surface area (Å²) in [5, 5.41) is 0. The maximum absolute atomic E-state index is 11.1. The third kappa shape index (κ3) is 5.80. The van der Waals surface area contributed by atoms with Crippen LogP contribution in [0.25, 0.3) is 11.1 Å². The van der Waals surface area contributed by atoms with Crippen LogP contribution in [0, 0.1) is 6.92 Å². The standard InChI is InChI=1S/C20H25NO4/c1-15-13-18(25-14-20(22)23-4)9-10-19(15)16-5-7-17(8-6-16)24-12-11-21(2)3/h5-10,13H,11-12,14H2,1-4H3. The van der Waals surface area contributed by atoms with Crippen molar-refractivity contribution in [2.24, 2.45) is 0 Å². The van der Waals surface area contributed by atoms with Crippen LogP contribution in [-0.4, -0.2) is 51.8 Å². The van der Waals surface area contributed by atoms with Crippen molar-refractivity contribution in [1.82, 2.24) is 4.90 Å². The summed E-state index contributed by atoms with van der Waals surface area (Å²) in [7, 11) is 5.38. The molecular formula is C20H25NO4. The van der Waals surface area contributed by atoms with E-state index in [1.54, 1.807) is 0 Å². The molecule has 2 aromatic carbocycles. The lowest BCUT2D eigenvalue weighted by Crippen LogP contribution is -2.19. The predicted octanol–water partition coefficient (Wildman–Crippen LogP) is 3.15. The van der Waals surface area contributed by atoms with E-state index in [1.165, 1.54) is 7.11 Å². The van der Waals surface area contributed by atoms with Crippen molar-refractivity contribution in [2.45, 2.75) is 6.92 Å². The van der Waals surface area contributed by atoms with Gasteiger partial charge in [-0.05, 0) is 62.0 Å². The van der Waals surface area contributed by atoms with Gasteiger partial charge in [-0.1, -0.05) is 18.2 Å². The predicted molar refractivity (Wildman–Crippen MR) is 98.2 cm³/mol. The second-order valence-corrected chi connectivity index (χ2v) is 6.02. The highest BCUT2D eigenvalue weighted by molar-refractivity contribution is 5.71. The number of benzene rings is 2. The molecule has 2 aromatic rings. The van der Waals surface area contributed by atoms with Crippen LogP contribution in [0.2, 0.25) is 0 Å². The Morgan fingerprint density at radius 3 is 2.28 bits per heavy atom. The van der Waals surface area contributed by atoms with Crippen molar-refractivity contribution in [3.05, 3.63) is 48.0 Å². The zero-order chi connectivity index (χ0) is 18.2. The first kappa shape index (κ1) is 18.8. The first-order valence-electron chi connectivity index (χ1n) is 8.18. The van der Waals surface area contributed by atoms with Crippen molar-refractivity contribution in [3.8, 4) is 22.6 Å². The van der Waals surface area contributed by atoms with E-state index < -0.39 is 5.97 Å². The van der Waals surface area contributed by atoms with Crippen molar-refractivity contribution in [3.63, 3.8) is 0 Å². The highest BCUT2D eigenvalue weighted by Gasteiger charge is 2.06. The Labute approximate surface area is 149 Å². The summed E-state index contributed by atoms with van der Waals surface area (Å²) in [4.78, 5) is 13.2. The van der Waals surface area contributed by atoms with Crippen LogP contribution in [-0.2, 0) is 9.53 Å². The Hall–Kier alpha value is -2.53. The average Bonchev–Trinajstić information content (AvgIpc) is 2.60. The lowest BCUT2D eigenvalue weighted by Gasteiger charge is -2.12. The Bertz CT molecular complexity index is 695. The summed E-state index contributed by atoms with van der Waals surface area (Å²) in [6.45, 7) is 3.47. The minimum atomic E-state index is -0.397. The van der Waals surface area contributed by atoms with E-state index in [4.69, 9.17) is 9.47 Å². The number of likely N-dealkylation sites (N-methyl/N-ethyl adjacent to an activating group) is 1. The molecule has 0 N–H and O–H groups in total. The van der Waals surface area contributed by atoms with Gasteiger partial charge in [0.05, 0.1) is 7.11 Å². The quantitative estimate of drug-likeness (QED) is 0.689. The van der Waals surface area contributed by atoms with Crippen molar-refractivity contribution < 1.29 is 19.0 Å². The summed E-state index contributed by atoms with van der Waals surface area (Å²) in [6, 6.07) is 13.8. The van der Waals surface area contributed by atoms with Crippen LogP contribution in [0.5, 0.6) is 11.5 Å². The van der Waals surface area contributed by atoms with E-state index in [2.05, 4.69) is 9.64 Å². The third-order valence-corrected chi connectivity index (χ3v) is 3.75. The van der Waals surface area contributed by atoms with Gasteiger partial charge in [-0.25, -0.2) is 4.79 Å². The van der Waals surface area contributed by atoms with E-state index in [9.17, 15) is 4.79 Å². The number of hydrogen-bond acceptors (Lipinski definition) is 5. The molecule has 0 radical (unpaired) electrons. The molecular weight excluding hydrogens is 318 g/mol. The van der Waals surface area contributed by atoms with Gasteiger partial charge in [0.15, 0.2) is 6.61 Å². The number of ether oxygens (including phenoxy) is 3. The molecule has 0 unspecified atom stereocenters. The highest BCUT2D eigenvalue weighted by atomic mass is 16.6. The lowest BCUT2D eigenvalue weighted by molar-refractivity contribution is -0.142. The molecule has 0 aliphatic rings. The second-order valence-electron chi connectivity index (χ2n) is 6.02. The molecule has 0 amide bonds. The first-order valence-corrected chi connectivity index (χ1v) is 8.18. The molecule has 0 atom stereocenters. The Morgan fingerprint density at radius 1 is 1.00 bits per heavy atom. The number of methoxy groups -OCH3 is 1. The molecule has 5 heteroatoms. The highest BCUT2D eigenvalue weighted by Crippen LogP contribution is 2.28. The molecule has 0 aromatic heterocycles. The summed E-state index contributed by atoms with van der Waals surface area (Å²) in [5.74, 6) is 1.11. The number of rotatable bonds is 8. The molecule has 0 aliphatic heterocycles. The third-order valence-electron chi connectivity index (χ3n) is 3.75. The van der Waals surface area contributed by atoms with Gasteiger partial charge in [0.25, 0.3) is 0 Å². The number of carbonyl (C=O) groups is 1. The van der Waals surface area contributed by atoms with E-state index in [1.807, 2.05) is 63.5 Å². The van der Waals surface area contributed by atoms with Crippen LogP contribution in [0.15, 0.2) is 42.5 Å². The fraction of sp³-hybridized carbons (Fsp3) is 0.350. The zero-order valence-electron chi connectivity index (χ0n) is 15.2. The minimum Gasteiger partial charge on any atom is -0.492 e. The Balaban J connectivity index is 2.02. The topological polar surface area (TPSA) is 48.0 Å². The smallest absolute Gasteiger partial charge is 0.343 e. The van der Waals surface area contributed by atoms with Gasteiger partial charge in [-0.3, -0.25) is 0 Å². The zero-order valence-corrected chi connectivity index (χ0v) is 15.2. The molecule has 0 saturated carbocycles. The monoisotopic (exact) mass is 343 g/mol. The maximum atomic E-state index is 11.1. The number of nitrogens with zero attached hydrogens (tertiary/aromatic N) is 1. The molecule has 25 heavy (non-hydrogen) atoms. The van der Waals surface area contributed by atoms with Gasteiger partial charge in [0.1, 0.15) is 18.1 Å². The lowest BCUT2D eigenvalue weighted by atomic mass is 10.0. The number of hydrogen-bond donors (Lipinski definition) is 0. The fourth-order valence-electron chi connectivity index (χ4n) is 2.33. The molecule has 0 bridgehead atoms. The summed E-state index contributed by atoms with van der Waals surface area (Å²) >= 11 is 0. The van der Waals surface area contributed by atoms with Crippen LogP contribution < -0.4 is 9.47 Å². The van der Waals surface area contributed by atoms with E-state index in [0.717, 1.165) is 29.0 Å². The van der Waals surface area contributed by atoms with Gasteiger partial charge in [0, 0.05) is 6.54 Å². The Morgan fingerprint density at radius 2 is 1.68 bits per heavy atom. The summed E-state index contributed by atoms with van der Waals surface area (Å²) in [5.41, 5.74) is 3.30. The van der Waals surface area contributed by atoms with Gasteiger partial charge >= 0.3 is 5.97 Å². The van der Waals surface area contributed by atoms with Gasteiger partial charge in [0.2, 0.25) is 0 Å². The maximum Gasteiger partial charge on any atom is 0.343 e. The van der Waals surface area contributed by atoms with E-state index in [0.29, 0.717) is 12.4 Å². The number of esters is 1. The van der Waals surface area contributed by atoms with E-state index in [-0.39, 0.29) is 6.61 Å². The van der Waals surface area contributed by atoms with Crippen molar-refractivity contribution in [1.29, 1.82) is 0 Å². The van der Waals surface area contributed by atoms with Gasteiger partial charge in [-0.15, -0.1) is 0 Å². The van der Waals surface area contributed by atoms with E-state index >= 15 is 0 Å². The van der Waals surface area contributed by atoms with Crippen molar-refractivity contribution >= 4 is 5.97 Å². The molecule has 0 spiro atoms. The van der Waals surface area contributed by atoms with Crippen LogP contribution in [0.4, 0.5) is 0 Å². The molecule has 134 valence electrons. The van der Waals surface area contributed by atoms with Crippen molar-refractivity contribution in [2.75, 3.05) is 41.0 Å². The van der Waals surface area contributed by atoms with Gasteiger partial charge in [-0.2, -0.15) is 0 Å².